The Balaban J connectivity index is 1.86. The summed E-state index contributed by atoms with van der Waals surface area (Å²) in [7, 11) is 1.66. The second-order valence-corrected chi connectivity index (χ2v) is 8.56. The van der Waals surface area contributed by atoms with Crippen LogP contribution in [0.3, 0.4) is 0 Å². The van der Waals surface area contributed by atoms with Gasteiger partial charge < -0.3 is 10.1 Å². The van der Waals surface area contributed by atoms with Crippen molar-refractivity contribution in [3.63, 3.8) is 0 Å². The van der Waals surface area contributed by atoms with Gasteiger partial charge in [0, 0.05) is 29.0 Å². The molecule has 0 bridgehead atoms. The molecule has 1 fully saturated rings. The Kier molecular flexibility index (Phi) is 4.69. The van der Waals surface area contributed by atoms with Crippen molar-refractivity contribution in [2.45, 2.75) is 36.1 Å². The number of para-hydroxylation sites is 1. The summed E-state index contributed by atoms with van der Waals surface area (Å²) in [6, 6.07) is 25.9. The first-order valence-corrected chi connectivity index (χ1v) is 10.8. The Bertz CT molecular complexity index is 1100. The quantitative estimate of drug-likeness (QED) is 0.472. The fourth-order valence-electron chi connectivity index (χ4n) is 6.20. The molecule has 1 N–H and O–H groups in total. The zero-order valence-corrected chi connectivity index (χ0v) is 17.6. The fourth-order valence-corrected chi connectivity index (χ4v) is 6.20. The molecule has 5 nitrogen and oxygen atoms in total. The molecule has 0 amide bonds. The monoisotopic (exact) mass is 414 g/mol. The molecule has 31 heavy (non-hydrogen) atoms. The third-order valence-electron chi connectivity index (χ3n) is 7.43. The van der Waals surface area contributed by atoms with Gasteiger partial charge >= 0.3 is 0 Å². The van der Waals surface area contributed by atoms with Crippen molar-refractivity contribution in [1.82, 2.24) is 0 Å². The van der Waals surface area contributed by atoms with Crippen molar-refractivity contribution >= 4 is 5.69 Å². The van der Waals surface area contributed by atoms with Gasteiger partial charge in [0.15, 0.2) is 0 Å². The van der Waals surface area contributed by atoms with E-state index in [0.717, 1.165) is 41.0 Å². The number of nitrogens with zero attached hydrogens (tertiary/aromatic N) is 1. The van der Waals surface area contributed by atoms with Crippen LogP contribution in [0.1, 0.15) is 36.0 Å². The number of nitro groups is 1. The lowest BCUT2D eigenvalue weighted by molar-refractivity contribution is -0.540. The largest absolute Gasteiger partial charge is 0.497 e. The van der Waals surface area contributed by atoms with Crippen LogP contribution in [0.25, 0.3) is 0 Å². The van der Waals surface area contributed by atoms with Crippen LogP contribution in [0.2, 0.25) is 0 Å². The molecule has 3 unspecified atom stereocenters. The second kappa shape index (κ2) is 7.41. The molecular formula is C26H26N2O3. The average Bonchev–Trinajstić information content (AvgIpc) is 3.20. The first kappa shape index (κ1) is 19.6. The minimum Gasteiger partial charge on any atom is -0.497 e. The van der Waals surface area contributed by atoms with Crippen molar-refractivity contribution in [2.75, 3.05) is 19.0 Å². The summed E-state index contributed by atoms with van der Waals surface area (Å²) < 4.78 is 5.41. The topological polar surface area (TPSA) is 64.4 Å². The van der Waals surface area contributed by atoms with Crippen molar-refractivity contribution in [3.05, 3.63) is 106 Å². The Morgan fingerprint density at radius 3 is 2.35 bits per heavy atom. The highest BCUT2D eigenvalue weighted by atomic mass is 16.6. The van der Waals surface area contributed by atoms with Crippen LogP contribution in [0, 0.1) is 10.1 Å². The van der Waals surface area contributed by atoms with E-state index in [9.17, 15) is 10.1 Å². The van der Waals surface area contributed by atoms with Gasteiger partial charge in [-0.3, -0.25) is 10.1 Å². The van der Waals surface area contributed by atoms with E-state index >= 15 is 0 Å². The van der Waals surface area contributed by atoms with Crippen molar-refractivity contribution in [2.24, 2.45) is 0 Å². The number of methoxy groups -OCH3 is 1. The van der Waals surface area contributed by atoms with Crippen molar-refractivity contribution in [3.8, 4) is 5.75 Å². The minimum absolute atomic E-state index is 0.0375. The molecule has 1 heterocycles. The van der Waals surface area contributed by atoms with Crippen LogP contribution < -0.4 is 10.1 Å². The third kappa shape index (κ3) is 2.69. The average molecular weight is 415 g/mol. The van der Waals surface area contributed by atoms with E-state index in [1.54, 1.807) is 7.11 Å². The van der Waals surface area contributed by atoms with E-state index in [0.29, 0.717) is 13.0 Å². The van der Waals surface area contributed by atoms with E-state index in [1.165, 1.54) is 0 Å². The predicted octanol–water partition coefficient (Wildman–Crippen LogP) is 5.17. The first-order chi connectivity index (χ1) is 15.1. The van der Waals surface area contributed by atoms with Gasteiger partial charge in [-0.2, -0.15) is 0 Å². The predicted molar refractivity (Wildman–Crippen MR) is 121 cm³/mol. The molecule has 5 rings (SSSR count). The van der Waals surface area contributed by atoms with Crippen LogP contribution in [0.5, 0.6) is 5.75 Å². The van der Waals surface area contributed by atoms with Gasteiger partial charge in [0.2, 0.25) is 6.04 Å². The number of hydrogen-bond acceptors (Lipinski definition) is 4. The molecule has 5 heteroatoms. The number of benzene rings is 3. The SMILES string of the molecule is COc1ccc(C2(c3ccccc3)CCCC([N+](=O)[O-])C23CNc2ccccc23)cc1. The lowest BCUT2D eigenvalue weighted by Crippen LogP contribution is -2.62. The van der Waals surface area contributed by atoms with E-state index < -0.39 is 16.9 Å². The highest BCUT2D eigenvalue weighted by Crippen LogP contribution is 2.61. The van der Waals surface area contributed by atoms with Gasteiger partial charge in [-0.1, -0.05) is 60.7 Å². The summed E-state index contributed by atoms with van der Waals surface area (Å²) in [5.74, 6) is 0.785. The van der Waals surface area contributed by atoms with Crippen LogP contribution in [0.15, 0.2) is 78.9 Å². The Labute approximate surface area is 182 Å². The highest BCUT2D eigenvalue weighted by Gasteiger charge is 2.66. The highest BCUT2D eigenvalue weighted by molar-refractivity contribution is 5.66. The first-order valence-electron chi connectivity index (χ1n) is 10.8. The van der Waals surface area contributed by atoms with E-state index in [2.05, 4.69) is 35.6 Å². The van der Waals surface area contributed by atoms with Gasteiger partial charge in [0.25, 0.3) is 0 Å². The lowest BCUT2D eigenvalue weighted by atomic mass is 9.47. The van der Waals surface area contributed by atoms with Gasteiger partial charge in [-0.05, 0) is 47.7 Å². The molecule has 1 aliphatic heterocycles. The zero-order chi connectivity index (χ0) is 21.5. The van der Waals surface area contributed by atoms with Gasteiger partial charge in [-0.15, -0.1) is 0 Å². The molecule has 0 radical (unpaired) electrons. The molecule has 0 aromatic heterocycles. The Hall–Kier alpha value is -3.34. The molecule has 1 saturated carbocycles. The van der Waals surface area contributed by atoms with Crippen LogP contribution in [-0.2, 0) is 10.8 Å². The number of rotatable bonds is 4. The van der Waals surface area contributed by atoms with Crippen LogP contribution in [0.4, 0.5) is 5.69 Å². The minimum atomic E-state index is -0.693. The van der Waals surface area contributed by atoms with Crippen LogP contribution >= 0.6 is 0 Å². The van der Waals surface area contributed by atoms with E-state index in [1.807, 2.05) is 48.5 Å². The van der Waals surface area contributed by atoms with Gasteiger partial charge in [0.05, 0.1) is 12.5 Å². The standard InChI is InChI=1S/C26H26N2O3/c1-31-21-15-13-20(14-16-21)25(19-8-3-2-4-9-19)17-7-12-24(28(29)30)26(25)18-27-23-11-6-5-10-22(23)26/h2-6,8-11,13-16,24,27H,7,12,17-18H2,1H3. The Morgan fingerprint density at radius 2 is 1.65 bits per heavy atom. The smallest absolute Gasteiger partial charge is 0.225 e. The van der Waals surface area contributed by atoms with Crippen molar-refractivity contribution < 1.29 is 9.66 Å². The van der Waals surface area contributed by atoms with Gasteiger partial charge in [-0.25, -0.2) is 0 Å². The second-order valence-electron chi connectivity index (χ2n) is 8.56. The fraction of sp³-hybridized carbons (Fsp3) is 0.308. The van der Waals surface area contributed by atoms with Crippen LogP contribution in [-0.4, -0.2) is 24.6 Å². The molecule has 0 saturated heterocycles. The molecule has 1 spiro atoms. The van der Waals surface area contributed by atoms with E-state index in [-0.39, 0.29) is 4.92 Å². The summed E-state index contributed by atoms with van der Waals surface area (Å²) in [4.78, 5) is 12.5. The molecule has 158 valence electrons. The molecule has 3 aromatic rings. The number of nitrogens with one attached hydrogen (secondary N) is 1. The van der Waals surface area contributed by atoms with Gasteiger partial charge in [0.1, 0.15) is 5.75 Å². The molecule has 3 aromatic carbocycles. The Morgan fingerprint density at radius 1 is 0.968 bits per heavy atom. The maximum atomic E-state index is 12.5. The summed E-state index contributed by atoms with van der Waals surface area (Å²) in [5.41, 5.74) is 3.06. The third-order valence-corrected chi connectivity index (χ3v) is 7.43. The number of hydrogen-bond donors (Lipinski definition) is 1. The van der Waals surface area contributed by atoms with E-state index in [4.69, 9.17) is 4.74 Å². The summed E-state index contributed by atoms with van der Waals surface area (Å²) in [5, 5.41) is 16.1. The maximum absolute atomic E-state index is 12.5. The normalized spacial score (nSPS) is 26.8. The molecule has 2 aliphatic rings. The number of fused-ring (bicyclic) bond motifs is 2. The maximum Gasteiger partial charge on any atom is 0.225 e. The lowest BCUT2D eigenvalue weighted by Gasteiger charge is -2.53. The number of ether oxygens (including phenoxy) is 1. The zero-order valence-electron chi connectivity index (χ0n) is 17.6. The summed E-state index contributed by atoms with van der Waals surface area (Å²) >= 11 is 0. The number of anilines is 1. The molecule has 1 aliphatic carbocycles. The summed E-state index contributed by atoms with van der Waals surface area (Å²) in [6.45, 7) is 0.541. The molecular weight excluding hydrogens is 388 g/mol. The summed E-state index contributed by atoms with van der Waals surface area (Å²) in [6.07, 6.45) is 2.23. The molecule has 3 atom stereocenters. The van der Waals surface area contributed by atoms with Crippen molar-refractivity contribution in [1.29, 1.82) is 0 Å².